The number of halogens is 1. The van der Waals surface area contributed by atoms with Crippen LogP contribution in [0.1, 0.15) is 21.6 Å². The summed E-state index contributed by atoms with van der Waals surface area (Å²) in [6.45, 7) is 1.44. The monoisotopic (exact) mass is 468 g/mol. The molecule has 0 aliphatic carbocycles. The number of nitrogens with zero attached hydrogens (tertiary/aromatic N) is 3. The molecule has 0 fully saturated rings. The van der Waals surface area contributed by atoms with Crippen molar-refractivity contribution in [2.24, 2.45) is 0 Å². The molecule has 33 heavy (non-hydrogen) atoms. The highest BCUT2D eigenvalue weighted by Gasteiger charge is 2.33. The molecule has 1 aromatic heterocycles. The van der Waals surface area contributed by atoms with Crippen LogP contribution in [0.3, 0.4) is 0 Å². The maximum Gasteiger partial charge on any atom is 0.280 e. The molecule has 3 heterocycles. The van der Waals surface area contributed by atoms with Crippen molar-refractivity contribution < 1.29 is 19.0 Å². The Balaban J connectivity index is 1.56. The summed E-state index contributed by atoms with van der Waals surface area (Å²) in [4.78, 5) is 27.9. The van der Waals surface area contributed by atoms with Crippen LogP contribution in [0, 0.1) is 0 Å². The number of aromatic nitrogens is 2. The summed E-state index contributed by atoms with van der Waals surface area (Å²) in [7, 11) is 3.59. The molecular weight excluding hydrogens is 448 g/mol. The van der Waals surface area contributed by atoms with Crippen molar-refractivity contribution in [3.05, 3.63) is 68.6 Å². The fourth-order valence-corrected chi connectivity index (χ4v) is 4.24. The molecule has 9 nitrogen and oxygen atoms in total. The highest BCUT2D eigenvalue weighted by atomic mass is 35.5. The summed E-state index contributed by atoms with van der Waals surface area (Å²) < 4.78 is 18.4. The molecule has 1 amide bonds. The van der Waals surface area contributed by atoms with Crippen molar-refractivity contribution in [2.45, 2.75) is 13.0 Å². The Morgan fingerprint density at radius 2 is 1.91 bits per heavy atom. The largest absolute Gasteiger partial charge is 0.492 e. The summed E-state index contributed by atoms with van der Waals surface area (Å²) in [5.41, 5.74) is 2.24. The first kappa shape index (κ1) is 21.3. The van der Waals surface area contributed by atoms with Crippen molar-refractivity contribution in [3.8, 4) is 22.9 Å². The van der Waals surface area contributed by atoms with Crippen LogP contribution in [0.5, 0.6) is 17.2 Å². The van der Waals surface area contributed by atoms with Gasteiger partial charge in [-0.1, -0.05) is 11.6 Å². The second-order valence-electron chi connectivity index (χ2n) is 7.82. The third-order valence-electron chi connectivity index (χ3n) is 5.71. The molecular formula is C23H21ClN4O5. The third kappa shape index (κ3) is 3.79. The van der Waals surface area contributed by atoms with Gasteiger partial charge in [0.25, 0.3) is 5.91 Å². The Morgan fingerprint density at radius 3 is 2.67 bits per heavy atom. The Bertz CT molecular complexity index is 1310. The van der Waals surface area contributed by atoms with E-state index in [1.807, 2.05) is 7.05 Å². The molecule has 0 unspecified atom stereocenters. The standard InChI is InChI=1S/C23H21ClN4O5/c1-27-9-7-15-16(11-27)20(31-2)22-21(32-12-33-22)18(15)25-23(30)19-17(29)8-10-28(26-19)14-5-3-13(24)4-6-14/h3-6,8,10H,7,9,11-12H2,1-2H3,(H,25,30). The van der Waals surface area contributed by atoms with E-state index in [0.29, 0.717) is 46.6 Å². The summed E-state index contributed by atoms with van der Waals surface area (Å²) in [6.07, 6.45) is 2.17. The Hall–Kier alpha value is -3.56. The van der Waals surface area contributed by atoms with E-state index in [9.17, 15) is 9.59 Å². The van der Waals surface area contributed by atoms with E-state index in [-0.39, 0.29) is 12.5 Å². The Kier molecular flexibility index (Phi) is 5.43. The lowest BCUT2D eigenvalue weighted by atomic mass is 9.95. The highest BCUT2D eigenvalue weighted by molar-refractivity contribution is 6.30. The van der Waals surface area contributed by atoms with Gasteiger partial charge < -0.3 is 24.4 Å². The molecule has 0 atom stereocenters. The zero-order valence-electron chi connectivity index (χ0n) is 18.1. The molecule has 1 N–H and O–H groups in total. The number of rotatable bonds is 4. The molecule has 2 aliphatic rings. The van der Waals surface area contributed by atoms with E-state index >= 15 is 0 Å². The number of benzene rings is 2. The van der Waals surface area contributed by atoms with Crippen molar-refractivity contribution in [3.63, 3.8) is 0 Å². The number of hydrogen-bond donors (Lipinski definition) is 1. The molecule has 0 saturated heterocycles. The van der Waals surface area contributed by atoms with Gasteiger partial charge in [-0.2, -0.15) is 5.10 Å². The normalized spacial score (nSPS) is 14.6. The summed E-state index contributed by atoms with van der Waals surface area (Å²) in [6, 6.07) is 8.21. The van der Waals surface area contributed by atoms with Gasteiger partial charge in [0.2, 0.25) is 18.0 Å². The minimum atomic E-state index is -0.632. The first-order valence-electron chi connectivity index (χ1n) is 10.3. The molecule has 2 aliphatic heterocycles. The number of hydrogen-bond acceptors (Lipinski definition) is 7. The summed E-state index contributed by atoms with van der Waals surface area (Å²) >= 11 is 5.95. The SMILES string of the molecule is COc1c2c(c(NC(=O)c3nn(-c4ccc(Cl)cc4)ccc3=O)c3c1OCO3)CCN(C)C2. The zero-order valence-corrected chi connectivity index (χ0v) is 18.8. The molecule has 170 valence electrons. The number of ether oxygens (including phenoxy) is 3. The van der Waals surface area contributed by atoms with Gasteiger partial charge in [-0.15, -0.1) is 0 Å². The number of nitrogens with one attached hydrogen (secondary N) is 1. The van der Waals surface area contributed by atoms with Crippen LogP contribution in [0.4, 0.5) is 5.69 Å². The van der Waals surface area contributed by atoms with Crippen molar-refractivity contribution in [1.82, 2.24) is 14.7 Å². The van der Waals surface area contributed by atoms with Gasteiger partial charge in [-0.25, -0.2) is 4.68 Å². The number of carbonyl (C=O) groups excluding carboxylic acids is 1. The Morgan fingerprint density at radius 1 is 1.15 bits per heavy atom. The lowest BCUT2D eigenvalue weighted by molar-refractivity contribution is 0.101. The molecule has 10 heteroatoms. The van der Waals surface area contributed by atoms with E-state index in [1.54, 1.807) is 31.4 Å². The zero-order chi connectivity index (χ0) is 23.1. The highest BCUT2D eigenvalue weighted by Crippen LogP contribution is 2.52. The second-order valence-corrected chi connectivity index (χ2v) is 8.26. The number of likely N-dealkylation sites (N-methyl/N-ethyl adjacent to an activating group) is 1. The molecule has 0 spiro atoms. The number of carbonyl (C=O) groups is 1. The van der Waals surface area contributed by atoms with Crippen LogP contribution in [0.15, 0.2) is 41.3 Å². The fourth-order valence-electron chi connectivity index (χ4n) is 4.11. The molecule has 0 radical (unpaired) electrons. The summed E-state index contributed by atoms with van der Waals surface area (Å²) in [5, 5.41) is 7.70. The van der Waals surface area contributed by atoms with Crippen molar-refractivity contribution in [1.29, 1.82) is 0 Å². The van der Waals surface area contributed by atoms with Gasteiger partial charge in [-0.3, -0.25) is 9.59 Å². The van der Waals surface area contributed by atoms with Crippen LogP contribution in [0.2, 0.25) is 5.02 Å². The third-order valence-corrected chi connectivity index (χ3v) is 5.97. The molecule has 2 aromatic carbocycles. The topological polar surface area (TPSA) is 94.9 Å². The Labute approximate surface area is 194 Å². The number of fused-ring (bicyclic) bond motifs is 2. The maximum absolute atomic E-state index is 13.2. The van der Waals surface area contributed by atoms with Crippen LogP contribution in [0.25, 0.3) is 5.69 Å². The predicted octanol–water partition coefficient (Wildman–Crippen LogP) is 2.86. The minimum absolute atomic E-state index is 0.0141. The number of methoxy groups -OCH3 is 1. The lowest BCUT2D eigenvalue weighted by Gasteiger charge is -2.29. The van der Waals surface area contributed by atoms with Crippen molar-refractivity contribution >= 4 is 23.2 Å². The van der Waals surface area contributed by atoms with Crippen LogP contribution >= 0.6 is 11.6 Å². The van der Waals surface area contributed by atoms with Gasteiger partial charge in [0, 0.05) is 35.9 Å². The molecule has 0 bridgehead atoms. The number of anilines is 1. The van der Waals surface area contributed by atoms with E-state index < -0.39 is 11.3 Å². The maximum atomic E-state index is 13.2. The van der Waals surface area contributed by atoms with Crippen LogP contribution in [-0.4, -0.2) is 48.1 Å². The fraction of sp³-hybridized carbons (Fsp3) is 0.261. The van der Waals surface area contributed by atoms with Gasteiger partial charge >= 0.3 is 0 Å². The van der Waals surface area contributed by atoms with E-state index in [0.717, 1.165) is 17.7 Å². The van der Waals surface area contributed by atoms with Crippen molar-refractivity contribution in [2.75, 3.05) is 32.8 Å². The van der Waals surface area contributed by atoms with Gasteiger partial charge in [-0.05, 0) is 43.3 Å². The van der Waals surface area contributed by atoms with Gasteiger partial charge in [0.1, 0.15) is 0 Å². The average Bonchev–Trinajstić information content (AvgIpc) is 3.29. The predicted molar refractivity (Wildman–Crippen MR) is 122 cm³/mol. The van der Waals surface area contributed by atoms with E-state index in [4.69, 9.17) is 25.8 Å². The first-order chi connectivity index (χ1) is 16.0. The first-order valence-corrected chi connectivity index (χ1v) is 10.7. The van der Waals surface area contributed by atoms with E-state index in [2.05, 4.69) is 15.3 Å². The van der Waals surface area contributed by atoms with Gasteiger partial charge in [0.05, 0.1) is 18.5 Å². The molecule has 0 saturated carbocycles. The lowest BCUT2D eigenvalue weighted by Crippen LogP contribution is -2.30. The van der Waals surface area contributed by atoms with Gasteiger partial charge in [0.15, 0.2) is 17.2 Å². The second kappa shape index (κ2) is 8.42. The molecule has 3 aromatic rings. The smallest absolute Gasteiger partial charge is 0.280 e. The number of amides is 1. The van der Waals surface area contributed by atoms with Crippen LogP contribution in [-0.2, 0) is 13.0 Å². The quantitative estimate of drug-likeness (QED) is 0.629. The van der Waals surface area contributed by atoms with Crippen LogP contribution < -0.4 is 25.0 Å². The van der Waals surface area contributed by atoms with E-state index in [1.165, 1.54) is 16.9 Å². The molecule has 5 rings (SSSR count). The summed E-state index contributed by atoms with van der Waals surface area (Å²) in [5.74, 6) is 0.816. The minimum Gasteiger partial charge on any atom is -0.492 e. The average molecular weight is 469 g/mol.